The van der Waals surface area contributed by atoms with Gasteiger partial charge in [-0.3, -0.25) is 9.59 Å². The maximum atomic E-state index is 12.5. The molecular formula is C65H119NO5. The van der Waals surface area contributed by atoms with Crippen LogP contribution in [0.1, 0.15) is 316 Å². The number of carbonyl (C=O) groups excluding carboxylic acids is 2. The van der Waals surface area contributed by atoms with Crippen molar-refractivity contribution in [3.8, 4) is 0 Å². The number of esters is 1. The summed E-state index contributed by atoms with van der Waals surface area (Å²) < 4.78 is 5.45. The zero-order chi connectivity index (χ0) is 51.4. The van der Waals surface area contributed by atoms with Gasteiger partial charge in [0.15, 0.2) is 0 Å². The molecule has 0 rings (SSSR count). The van der Waals surface area contributed by atoms with Crippen molar-refractivity contribution in [2.75, 3.05) is 13.2 Å². The molecule has 0 bridgehead atoms. The standard InChI is InChI=1S/C65H119NO5/c1-3-5-7-9-11-13-15-17-19-21-22-23-24-25-27-29-33-37-41-45-49-53-57-63(68)62(61-67)66-64(69)58-54-50-46-42-38-34-30-28-32-36-40-44-48-52-56-60-71-65(70)59-55-51-47-43-39-35-31-26-20-18-16-14-12-10-8-6-4-2/h12,14,18,20,28,32,36,40,53,57,62-63,67-68H,3-11,13,15-17,19,21-27,29-31,33-35,37-39,41-52,54-56,58-61H2,1-2H3,(H,66,69)/b14-12-,20-18-,32-28-,40-36-,57-53+. The lowest BCUT2D eigenvalue weighted by Crippen LogP contribution is -2.45. The van der Waals surface area contributed by atoms with Crippen LogP contribution in [-0.2, 0) is 14.3 Å². The molecule has 0 aliphatic carbocycles. The van der Waals surface area contributed by atoms with Crippen LogP contribution in [0.25, 0.3) is 0 Å². The Morgan fingerprint density at radius 1 is 0.408 bits per heavy atom. The van der Waals surface area contributed by atoms with Crippen LogP contribution in [-0.4, -0.2) is 47.4 Å². The second-order valence-electron chi connectivity index (χ2n) is 21.1. The van der Waals surface area contributed by atoms with Gasteiger partial charge in [0.2, 0.25) is 5.91 Å². The molecule has 0 heterocycles. The fourth-order valence-electron chi connectivity index (χ4n) is 9.24. The molecule has 0 radical (unpaired) electrons. The number of aliphatic hydroxyl groups excluding tert-OH is 2. The van der Waals surface area contributed by atoms with Gasteiger partial charge in [0, 0.05) is 12.8 Å². The van der Waals surface area contributed by atoms with Gasteiger partial charge in [0.1, 0.15) is 0 Å². The Labute approximate surface area is 441 Å². The lowest BCUT2D eigenvalue weighted by molar-refractivity contribution is -0.143. The van der Waals surface area contributed by atoms with Crippen LogP contribution in [0.2, 0.25) is 0 Å². The zero-order valence-electron chi connectivity index (χ0n) is 47.2. The largest absolute Gasteiger partial charge is 0.466 e. The van der Waals surface area contributed by atoms with Crippen molar-refractivity contribution in [3.05, 3.63) is 60.8 Å². The third-order valence-corrected chi connectivity index (χ3v) is 14.0. The summed E-state index contributed by atoms with van der Waals surface area (Å²) in [6.45, 7) is 4.83. The average Bonchev–Trinajstić information content (AvgIpc) is 3.37. The van der Waals surface area contributed by atoms with Gasteiger partial charge < -0.3 is 20.3 Å². The molecule has 0 spiro atoms. The predicted molar refractivity (Wildman–Crippen MR) is 310 cm³/mol. The first-order valence-electron chi connectivity index (χ1n) is 31.1. The van der Waals surface area contributed by atoms with E-state index in [1.165, 1.54) is 205 Å². The van der Waals surface area contributed by atoms with E-state index in [4.69, 9.17) is 4.74 Å². The van der Waals surface area contributed by atoms with E-state index in [1.54, 1.807) is 6.08 Å². The summed E-state index contributed by atoms with van der Waals surface area (Å²) in [4.78, 5) is 24.6. The number of hydrogen-bond donors (Lipinski definition) is 3. The van der Waals surface area contributed by atoms with Gasteiger partial charge in [0.25, 0.3) is 0 Å². The Balaban J connectivity index is 3.55. The first-order valence-corrected chi connectivity index (χ1v) is 31.1. The minimum Gasteiger partial charge on any atom is -0.466 e. The number of aliphatic hydroxyl groups is 2. The number of amides is 1. The SMILES string of the molecule is CCCCC/C=C\C/C=C\CCCCCCCCCC(=O)OCCCCC/C=C\C=C/CCCCCCCCC(=O)NC(CO)C(O)/C=C/CCCCCCCCCCCCCCCCCCCCCC. The number of allylic oxidation sites excluding steroid dienone is 9. The van der Waals surface area contributed by atoms with Crippen molar-refractivity contribution in [3.63, 3.8) is 0 Å². The van der Waals surface area contributed by atoms with Crippen LogP contribution in [0, 0.1) is 0 Å². The maximum absolute atomic E-state index is 12.5. The fourth-order valence-corrected chi connectivity index (χ4v) is 9.24. The van der Waals surface area contributed by atoms with Crippen molar-refractivity contribution in [2.45, 2.75) is 328 Å². The van der Waals surface area contributed by atoms with Crippen LogP contribution < -0.4 is 5.32 Å². The molecule has 0 aliphatic rings. The highest BCUT2D eigenvalue weighted by atomic mass is 16.5. The molecule has 6 heteroatoms. The van der Waals surface area contributed by atoms with E-state index in [2.05, 4.69) is 67.8 Å². The Morgan fingerprint density at radius 3 is 1.18 bits per heavy atom. The van der Waals surface area contributed by atoms with Gasteiger partial charge in [-0.2, -0.15) is 0 Å². The van der Waals surface area contributed by atoms with E-state index >= 15 is 0 Å². The van der Waals surface area contributed by atoms with E-state index in [-0.39, 0.29) is 18.5 Å². The number of nitrogens with one attached hydrogen (secondary N) is 1. The van der Waals surface area contributed by atoms with Crippen LogP contribution >= 0.6 is 0 Å². The third kappa shape index (κ3) is 56.7. The fraction of sp³-hybridized carbons (Fsp3) is 0.815. The molecule has 1 amide bonds. The number of carbonyl (C=O) groups is 2. The highest BCUT2D eigenvalue weighted by Crippen LogP contribution is 2.17. The Kier molecular flexibility index (Phi) is 58.1. The van der Waals surface area contributed by atoms with Crippen molar-refractivity contribution < 1.29 is 24.5 Å². The topological polar surface area (TPSA) is 95.9 Å². The molecule has 71 heavy (non-hydrogen) atoms. The molecule has 0 aromatic rings. The number of hydrogen-bond acceptors (Lipinski definition) is 5. The smallest absolute Gasteiger partial charge is 0.305 e. The van der Waals surface area contributed by atoms with Crippen molar-refractivity contribution in [1.82, 2.24) is 5.32 Å². The van der Waals surface area contributed by atoms with Gasteiger partial charge in [0.05, 0.1) is 25.4 Å². The lowest BCUT2D eigenvalue weighted by Gasteiger charge is -2.20. The van der Waals surface area contributed by atoms with Crippen molar-refractivity contribution in [1.29, 1.82) is 0 Å². The number of unbranched alkanes of at least 4 members (excludes halogenated alkanes) is 39. The van der Waals surface area contributed by atoms with Crippen molar-refractivity contribution >= 4 is 11.9 Å². The zero-order valence-corrected chi connectivity index (χ0v) is 47.2. The second-order valence-corrected chi connectivity index (χ2v) is 21.1. The monoisotopic (exact) mass is 994 g/mol. The quantitative estimate of drug-likeness (QED) is 0.0244. The van der Waals surface area contributed by atoms with Gasteiger partial charge in [-0.25, -0.2) is 0 Å². The Bertz CT molecular complexity index is 1240. The molecule has 0 fully saturated rings. The summed E-state index contributed by atoms with van der Waals surface area (Å²) >= 11 is 0. The second kappa shape index (κ2) is 60.1. The first-order chi connectivity index (χ1) is 35.0. The summed E-state index contributed by atoms with van der Waals surface area (Å²) in [6.07, 6.45) is 78.2. The van der Waals surface area contributed by atoms with Gasteiger partial charge >= 0.3 is 5.97 Å². The van der Waals surface area contributed by atoms with E-state index in [9.17, 15) is 19.8 Å². The van der Waals surface area contributed by atoms with E-state index < -0.39 is 12.1 Å². The summed E-state index contributed by atoms with van der Waals surface area (Å²) in [6, 6.07) is -0.647. The molecule has 2 unspecified atom stereocenters. The first kappa shape index (κ1) is 68.6. The van der Waals surface area contributed by atoms with E-state index in [1.807, 2.05) is 6.08 Å². The molecular weight excluding hydrogens is 875 g/mol. The molecule has 0 saturated heterocycles. The molecule has 414 valence electrons. The Hall–Kier alpha value is -2.44. The highest BCUT2D eigenvalue weighted by Gasteiger charge is 2.18. The van der Waals surface area contributed by atoms with Crippen LogP contribution in [0.15, 0.2) is 60.8 Å². The van der Waals surface area contributed by atoms with Gasteiger partial charge in [-0.05, 0) is 96.3 Å². The normalized spacial score (nSPS) is 13.0. The summed E-state index contributed by atoms with van der Waals surface area (Å²) in [5.41, 5.74) is 0. The lowest BCUT2D eigenvalue weighted by atomic mass is 10.0. The van der Waals surface area contributed by atoms with Gasteiger partial charge in [-0.1, -0.05) is 267 Å². The summed E-state index contributed by atoms with van der Waals surface area (Å²) in [5.74, 6) is -0.120. The molecule has 6 nitrogen and oxygen atoms in total. The average molecular weight is 995 g/mol. The third-order valence-electron chi connectivity index (χ3n) is 14.0. The molecule has 3 N–H and O–H groups in total. The molecule has 0 aromatic carbocycles. The number of rotatable bonds is 57. The predicted octanol–water partition coefficient (Wildman–Crippen LogP) is 19.5. The van der Waals surface area contributed by atoms with Crippen molar-refractivity contribution in [2.24, 2.45) is 0 Å². The van der Waals surface area contributed by atoms with E-state index in [0.717, 1.165) is 83.5 Å². The minimum absolute atomic E-state index is 0.0308. The molecule has 0 saturated carbocycles. The highest BCUT2D eigenvalue weighted by molar-refractivity contribution is 5.76. The van der Waals surface area contributed by atoms with Gasteiger partial charge in [-0.15, -0.1) is 0 Å². The molecule has 0 aromatic heterocycles. The van der Waals surface area contributed by atoms with Crippen LogP contribution in [0.3, 0.4) is 0 Å². The number of ether oxygens (including phenoxy) is 1. The summed E-state index contributed by atoms with van der Waals surface area (Å²) in [5, 5.41) is 23.2. The Morgan fingerprint density at radius 2 is 0.746 bits per heavy atom. The minimum atomic E-state index is -0.862. The van der Waals surface area contributed by atoms with Crippen LogP contribution in [0.4, 0.5) is 0 Å². The molecule has 2 atom stereocenters. The summed E-state index contributed by atoms with van der Waals surface area (Å²) in [7, 11) is 0. The van der Waals surface area contributed by atoms with Crippen LogP contribution in [0.5, 0.6) is 0 Å². The maximum Gasteiger partial charge on any atom is 0.305 e. The molecule has 0 aliphatic heterocycles. The van der Waals surface area contributed by atoms with E-state index in [0.29, 0.717) is 19.4 Å².